The van der Waals surface area contributed by atoms with Gasteiger partial charge in [-0.25, -0.2) is 4.79 Å². The lowest BCUT2D eigenvalue weighted by Gasteiger charge is -2.22. The molecule has 92 valence electrons. The smallest absolute Gasteiger partial charge is 0.315 e. The van der Waals surface area contributed by atoms with Crippen molar-refractivity contribution in [1.82, 2.24) is 15.5 Å². The van der Waals surface area contributed by atoms with Gasteiger partial charge in [0.15, 0.2) is 0 Å². The molecule has 1 unspecified atom stereocenters. The standard InChI is InChI=1S/C11H21N3O2/c1-8(2)12-11(16)13-9(3)7-14-6-4-5-10(14)15/h8-9H,4-7H2,1-3H3,(H2,12,13,16). The zero-order chi connectivity index (χ0) is 12.1. The Balaban J connectivity index is 2.27. The molecule has 0 aromatic heterocycles. The quantitative estimate of drug-likeness (QED) is 0.743. The molecule has 1 rings (SSSR count). The molecule has 1 fully saturated rings. The first-order chi connectivity index (χ1) is 7.49. The molecule has 1 saturated heterocycles. The largest absolute Gasteiger partial charge is 0.341 e. The van der Waals surface area contributed by atoms with E-state index in [-0.39, 0.29) is 24.0 Å². The van der Waals surface area contributed by atoms with Gasteiger partial charge >= 0.3 is 6.03 Å². The van der Waals surface area contributed by atoms with Crippen LogP contribution in [0.15, 0.2) is 0 Å². The highest BCUT2D eigenvalue weighted by atomic mass is 16.2. The third-order valence-electron chi connectivity index (χ3n) is 2.46. The molecule has 5 heteroatoms. The van der Waals surface area contributed by atoms with Gasteiger partial charge in [-0.15, -0.1) is 0 Å². The number of urea groups is 1. The lowest BCUT2D eigenvalue weighted by molar-refractivity contribution is -0.127. The summed E-state index contributed by atoms with van der Waals surface area (Å²) in [5.41, 5.74) is 0. The van der Waals surface area contributed by atoms with Gasteiger partial charge in [0.25, 0.3) is 0 Å². The number of nitrogens with one attached hydrogen (secondary N) is 2. The molecule has 1 heterocycles. The molecule has 0 aromatic carbocycles. The summed E-state index contributed by atoms with van der Waals surface area (Å²) in [7, 11) is 0. The van der Waals surface area contributed by atoms with Crippen molar-refractivity contribution in [1.29, 1.82) is 0 Å². The van der Waals surface area contributed by atoms with Gasteiger partial charge in [-0.2, -0.15) is 0 Å². The van der Waals surface area contributed by atoms with Crippen LogP contribution in [0.2, 0.25) is 0 Å². The van der Waals surface area contributed by atoms with Gasteiger partial charge in [-0.3, -0.25) is 4.79 Å². The van der Waals surface area contributed by atoms with Crippen molar-refractivity contribution in [2.45, 2.75) is 45.7 Å². The molecule has 1 aliphatic rings. The molecule has 0 saturated carbocycles. The average molecular weight is 227 g/mol. The fraction of sp³-hybridized carbons (Fsp3) is 0.818. The van der Waals surface area contributed by atoms with E-state index in [4.69, 9.17) is 0 Å². The number of amides is 3. The molecule has 5 nitrogen and oxygen atoms in total. The van der Waals surface area contributed by atoms with Crippen LogP contribution in [0.4, 0.5) is 4.79 Å². The summed E-state index contributed by atoms with van der Waals surface area (Å²) >= 11 is 0. The van der Waals surface area contributed by atoms with Crippen molar-refractivity contribution in [3.05, 3.63) is 0 Å². The van der Waals surface area contributed by atoms with Gasteiger partial charge in [0, 0.05) is 31.6 Å². The van der Waals surface area contributed by atoms with E-state index in [0.717, 1.165) is 13.0 Å². The third kappa shape index (κ3) is 4.08. The fourth-order valence-corrected chi connectivity index (χ4v) is 1.80. The van der Waals surface area contributed by atoms with Gasteiger partial charge in [0.2, 0.25) is 5.91 Å². The van der Waals surface area contributed by atoms with Crippen LogP contribution in [-0.2, 0) is 4.79 Å². The van der Waals surface area contributed by atoms with Crippen molar-refractivity contribution in [3.8, 4) is 0 Å². The Morgan fingerprint density at radius 2 is 2.06 bits per heavy atom. The van der Waals surface area contributed by atoms with E-state index in [1.165, 1.54) is 0 Å². The maximum absolute atomic E-state index is 11.4. The molecular formula is C11H21N3O2. The maximum atomic E-state index is 11.4. The van der Waals surface area contributed by atoms with Crippen LogP contribution in [0.25, 0.3) is 0 Å². The molecule has 3 amide bonds. The second kappa shape index (κ2) is 5.72. The van der Waals surface area contributed by atoms with E-state index in [0.29, 0.717) is 13.0 Å². The summed E-state index contributed by atoms with van der Waals surface area (Å²) in [5, 5.41) is 5.57. The normalized spacial score (nSPS) is 17.8. The molecule has 0 aliphatic carbocycles. The summed E-state index contributed by atoms with van der Waals surface area (Å²) < 4.78 is 0. The third-order valence-corrected chi connectivity index (χ3v) is 2.46. The summed E-state index contributed by atoms with van der Waals surface area (Å²) in [6, 6.07) is -0.0597. The van der Waals surface area contributed by atoms with Crippen molar-refractivity contribution in [2.75, 3.05) is 13.1 Å². The SMILES string of the molecule is CC(C)NC(=O)NC(C)CN1CCCC1=O. The van der Waals surface area contributed by atoms with Crippen molar-refractivity contribution in [3.63, 3.8) is 0 Å². The van der Waals surface area contributed by atoms with Crippen LogP contribution in [-0.4, -0.2) is 42.0 Å². The molecule has 0 spiro atoms. The predicted molar refractivity (Wildman–Crippen MR) is 62.1 cm³/mol. The number of likely N-dealkylation sites (tertiary alicyclic amines) is 1. The fourth-order valence-electron chi connectivity index (χ4n) is 1.80. The van der Waals surface area contributed by atoms with Crippen molar-refractivity contribution < 1.29 is 9.59 Å². The van der Waals surface area contributed by atoms with Gasteiger partial charge in [0.05, 0.1) is 0 Å². The van der Waals surface area contributed by atoms with Crippen molar-refractivity contribution in [2.24, 2.45) is 0 Å². The lowest BCUT2D eigenvalue weighted by Crippen LogP contribution is -2.47. The van der Waals surface area contributed by atoms with Crippen LogP contribution in [0.5, 0.6) is 0 Å². The molecule has 0 radical (unpaired) electrons. The highest BCUT2D eigenvalue weighted by molar-refractivity contribution is 5.78. The van der Waals surface area contributed by atoms with E-state index >= 15 is 0 Å². The van der Waals surface area contributed by atoms with Crippen LogP contribution >= 0.6 is 0 Å². The molecule has 16 heavy (non-hydrogen) atoms. The molecule has 0 bridgehead atoms. The summed E-state index contributed by atoms with van der Waals surface area (Å²) in [6.45, 7) is 7.15. The molecular weight excluding hydrogens is 206 g/mol. The Bertz CT molecular complexity index is 266. The van der Waals surface area contributed by atoms with Gasteiger partial charge in [0.1, 0.15) is 0 Å². The van der Waals surface area contributed by atoms with Crippen molar-refractivity contribution >= 4 is 11.9 Å². The predicted octanol–water partition coefficient (Wildman–Crippen LogP) is 0.705. The van der Waals surface area contributed by atoms with Crippen LogP contribution < -0.4 is 10.6 Å². The second-order valence-corrected chi connectivity index (χ2v) is 4.62. The first kappa shape index (κ1) is 12.8. The van der Waals surface area contributed by atoms with Gasteiger partial charge in [-0.05, 0) is 27.2 Å². The summed E-state index contributed by atoms with van der Waals surface area (Å²) in [4.78, 5) is 24.6. The Labute approximate surface area is 96.6 Å². The Morgan fingerprint density at radius 1 is 1.38 bits per heavy atom. The number of rotatable bonds is 4. The van der Waals surface area contributed by atoms with E-state index in [1.54, 1.807) is 4.90 Å². The Kier molecular flexibility index (Phi) is 4.58. The molecule has 2 N–H and O–H groups in total. The average Bonchev–Trinajstić information content (AvgIpc) is 2.49. The molecule has 0 aromatic rings. The Morgan fingerprint density at radius 3 is 2.56 bits per heavy atom. The number of carbonyl (C=O) groups excluding carboxylic acids is 2. The maximum Gasteiger partial charge on any atom is 0.315 e. The van der Waals surface area contributed by atoms with Crippen LogP contribution in [0.1, 0.15) is 33.6 Å². The minimum Gasteiger partial charge on any atom is -0.341 e. The number of hydrogen-bond donors (Lipinski definition) is 2. The first-order valence-corrected chi connectivity index (χ1v) is 5.84. The monoisotopic (exact) mass is 227 g/mol. The van der Waals surface area contributed by atoms with E-state index in [2.05, 4.69) is 10.6 Å². The topological polar surface area (TPSA) is 61.4 Å². The van der Waals surface area contributed by atoms with Crippen LogP contribution in [0, 0.1) is 0 Å². The number of carbonyl (C=O) groups is 2. The zero-order valence-electron chi connectivity index (χ0n) is 10.2. The summed E-state index contributed by atoms with van der Waals surface area (Å²) in [6.07, 6.45) is 1.58. The zero-order valence-corrected chi connectivity index (χ0v) is 10.2. The number of hydrogen-bond acceptors (Lipinski definition) is 2. The van der Waals surface area contributed by atoms with Gasteiger partial charge < -0.3 is 15.5 Å². The minimum absolute atomic E-state index is 0.0131. The number of nitrogens with zero attached hydrogens (tertiary/aromatic N) is 1. The van der Waals surface area contributed by atoms with E-state index in [9.17, 15) is 9.59 Å². The first-order valence-electron chi connectivity index (χ1n) is 5.84. The second-order valence-electron chi connectivity index (χ2n) is 4.62. The molecule has 1 atom stereocenters. The van der Waals surface area contributed by atoms with E-state index < -0.39 is 0 Å². The summed E-state index contributed by atoms with van der Waals surface area (Å²) in [5.74, 6) is 0.193. The Hall–Kier alpha value is -1.26. The van der Waals surface area contributed by atoms with Gasteiger partial charge in [-0.1, -0.05) is 0 Å². The minimum atomic E-state index is -0.172. The molecule has 1 aliphatic heterocycles. The van der Waals surface area contributed by atoms with E-state index in [1.807, 2.05) is 20.8 Å². The lowest BCUT2D eigenvalue weighted by atomic mass is 10.3. The highest BCUT2D eigenvalue weighted by Gasteiger charge is 2.22. The van der Waals surface area contributed by atoms with Crippen LogP contribution in [0.3, 0.4) is 0 Å². The highest BCUT2D eigenvalue weighted by Crippen LogP contribution is 2.09.